The highest BCUT2D eigenvalue weighted by Crippen LogP contribution is 2.15. The molecule has 0 aliphatic carbocycles. The van der Waals surface area contributed by atoms with Crippen LogP contribution in [0.5, 0.6) is 0 Å². The average Bonchev–Trinajstić information content (AvgIpc) is 2.70. The van der Waals surface area contributed by atoms with Crippen LogP contribution in [0.3, 0.4) is 0 Å². The Morgan fingerprint density at radius 2 is 2.05 bits per heavy atom. The molecule has 2 rings (SSSR count). The van der Waals surface area contributed by atoms with Gasteiger partial charge in [-0.2, -0.15) is 13.2 Å². The summed E-state index contributed by atoms with van der Waals surface area (Å²) in [6.07, 6.45) is -4.47. The predicted molar refractivity (Wildman–Crippen MR) is 75.1 cm³/mol. The number of benzene rings is 1. The molecule has 0 radical (unpaired) electrons. The second-order valence-corrected chi connectivity index (χ2v) is 5.27. The molecule has 7 heteroatoms. The van der Waals surface area contributed by atoms with E-state index < -0.39 is 18.2 Å². The van der Waals surface area contributed by atoms with Gasteiger partial charge in [0.25, 0.3) is 0 Å². The number of nitrogens with zero attached hydrogens (tertiary/aromatic N) is 1. The van der Waals surface area contributed by atoms with E-state index in [9.17, 15) is 18.0 Å². The molecule has 22 heavy (non-hydrogen) atoms. The Bertz CT molecular complexity index is 479. The molecule has 1 unspecified atom stereocenters. The van der Waals surface area contributed by atoms with Crippen molar-refractivity contribution < 1.29 is 22.7 Å². The smallest absolute Gasteiger partial charge is 0.375 e. The molecule has 1 aliphatic heterocycles. The van der Waals surface area contributed by atoms with E-state index in [-0.39, 0.29) is 6.54 Å². The second kappa shape index (κ2) is 7.60. The van der Waals surface area contributed by atoms with Gasteiger partial charge in [-0.25, -0.2) is 0 Å². The first-order valence-electron chi connectivity index (χ1n) is 7.18. The van der Waals surface area contributed by atoms with Gasteiger partial charge in [-0.05, 0) is 12.0 Å². The van der Waals surface area contributed by atoms with Gasteiger partial charge >= 0.3 is 12.1 Å². The largest absolute Gasteiger partial charge is 0.471 e. The number of rotatable bonds is 4. The standard InChI is InChI=1S/C15H19F3N2O2/c16-15(17,18)14(21)19-9-13-11-20(7-4-8-22-13)10-12-5-2-1-3-6-12/h1-3,5-6,13H,4,7-11H2,(H,19,21). The summed E-state index contributed by atoms with van der Waals surface area (Å²) in [4.78, 5) is 13.0. The highest BCUT2D eigenvalue weighted by Gasteiger charge is 2.38. The van der Waals surface area contributed by atoms with E-state index in [1.165, 1.54) is 0 Å². The van der Waals surface area contributed by atoms with Gasteiger partial charge in [0.2, 0.25) is 0 Å². The third kappa shape index (κ3) is 5.31. The molecule has 1 aromatic carbocycles. The Balaban J connectivity index is 1.86. The lowest BCUT2D eigenvalue weighted by molar-refractivity contribution is -0.174. The molecule has 122 valence electrons. The molecule has 1 aliphatic rings. The number of carbonyl (C=O) groups excluding carboxylic acids is 1. The van der Waals surface area contributed by atoms with Gasteiger partial charge in [-0.3, -0.25) is 9.69 Å². The minimum absolute atomic E-state index is 0.135. The first kappa shape index (κ1) is 16.8. The lowest BCUT2D eigenvalue weighted by Gasteiger charge is -2.24. The minimum atomic E-state index is -4.85. The third-order valence-electron chi connectivity index (χ3n) is 3.43. The van der Waals surface area contributed by atoms with Gasteiger partial charge < -0.3 is 10.1 Å². The van der Waals surface area contributed by atoms with Crippen LogP contribution < -0.4 is 5.32 Å². The first-order valence-corrected chi connectivity index (χ1v) is 7.18. The molecule has 1 heterocycles. The topological polar surface area (TPSA) is 41.6 Å². The average molecular weight is 316 g/mol. The lowest BCUT2D eigenvalue weighted by atomic mass is 10.2. The summed E-state index contributed by atoms with van der Waals surface area (Å²) in [7, 11) is 0. The van der Waals surface area contributed by atoms with Crippen molar-refractivity contribution in [3.63, 3.8) is 0 Å². The van der Waals surface area contributed by atoms with Gasteiger partial charge in [0.1, 0.15) is 0 Å². The van der Waals surface area contributed by atoms with Crippen molar-refractivity contribution in [2.24, 2.45) is 0 Å². The highest BCUT2D eigenvalue weighted by molar-refractivity contribution is 5.81. The molecule has 1 amide bonds. The predicted octanol–water partition coefficient (Wildman–Crippen LogP) is 1.96. The fourth-order valence-electron chi connectivity index (χ4n) is 2.39. The van der Waals surface area contributed by atoms with E-state index in [4.69, 9.17) is 4.74 Å². The first-order chi connectivity index (χ1) is 10.4. The number of carbonyl (C=O) groups is 1. The van der Waals surface area contributed by atoms with Crippen molar-refractivity contribution in [2.75, 3.05) is 26.2 Å². The van der Waals surface area contributed by atoms with Crippen molar-refractivity contribution in [1.82, 2.24) is 10.2 Å². The van der Waals surface area contributed by atoms with E-state index in [2.05, 4.69) is 4.90 Å². The number of alkyl halides is 3. The number of hydrogen-bond donors (Lipinski definition) is 1. The van der Waals surface area contributed by atoms with Gasteiger partial charge in [-0.15, -0.1) is 0 Å². The third-order valence-corrected chi connectivity index (χ3v) is 3.43. The van der Waals surface area contributed by atoms with E-state index in [0.717, 1.165) is 18.5 Å². The summed E-state index contributed by atoms with van der Waals surface area (Å²) >= 11 is 0. The highest BCUT2D eigenvalue weighted by atomic mass is 19.4. The molecule has 1 aromatic rings. The molecule has 0 saturated carbocycles. The molecular weight excluding hydrogens is 297 g/mol. The number of halogens is 3. The number of hydrogen-bond acceptors (Lipinski definition) is 3. The summed E-state index contributed by atoms with van der Waals surface area (Å²) in [6.45, 7) is 2.38. The maximum Gasteiger partial charge on any atom is 0.471 e. The van der Waals surface area contributed by atoms with Crippen LogP contribution in [-0.2, 0) is 16.1 Å². The zero-order chi connectivity index (χ0) is 16.0. The van der Waals surface area contributed by atoms with Crippen molar-refractivity contribution >= 4 is 5.91 Å². The molecule has 1 atom stereocenters. The van der Waals surface area contributed by atoms with E-state index >= 15 is 0 Å². The van der Waals surface area contributed by atoms with Crippen molar-refractivity contribution in [3.05, 3.63) is 35.9 Å². The summed E-state index contributed by atoms with van der Waals surface area (Å²) in [6, 6.07) is 9.85. The van der Waals surface area contributed by atoms with Crippen molar-refractivity contribution in [2.45, 2.75) is 25.2 Å². The summed E-state index contributed by atoms with van der Waals surface area (Å²) in [5, 5.41) is 1.89. The van der Waals surface area contributed by atoms with E-state index in [1.54, 1.807) is 0 Å². The maximum atomic E-state index is 12.2. The number of amides is 1. The molecule has 4 nitrogen and oxygen atoms in total. The van der Waals surface area contributed by atoms with Gasteiger partial charge in [-0.1, -0.05) is 30.3 Å². The Morgan fingerprint density at radius 3 is 2.73 bits per heavy atom. The summed E-state index contributed by atoms with van der Waals surface area (Å²) in [5.74, 6) is -1.92. The van der Waals surface area contributed by atoms with E-state index in [1.807, 2.05) is 35.6 Å². The SMILES string of the molecule is O=C(NCC1CN(Cc2ccccc2)CCCO1)C(F)(F)F. The maximum absolute atomic E-state index is 12.2. The van der Waals surface area contributed by atoms with Crippen LogP contribution in [0, 0.1) is 0 Å². The van der Waals surface area contributed by atoms with Crippen LogP contribution in [0.1, 0.15) is 12.0 Å². The molecule has 1 fully saturated rings. The number of ether oxygens (including phenoxy) is 1. The second-order valence-electron chi connectivity index (χ2n) is 5.27. The zero-order valence-corrected chi connectivity index (χ0v) is 12.1. The quantitative estimate of drug-likeness (QED) is 0.923. The lowest BCUT2D eigenvalue weighted by Crippen LogP contribution is -2.44. The Labute approximate surface area is 127 Å². The molecular formula is C15H19F3N2O2. The zero-order valence-electron chi connectivity index (χ0n) is 12.1. The fraction of sp³-hybridized carbons (Fsp3) is 0.533. The van der Waals surface area contributed by atoms with Gasteiger partial charge in [0.15, 0.2) is 0 Å². The van der Waals surface area contributed by atoms with Crippen molar-refractivity contribution in [1.29, 1.82) is 0 Å². The Hall–Kier alpha value is -1.60. The Morgan fingerprint density at radius 1 is 1.32 bits per heavy atom. The fourth-order valence-corrected chi connectivity index (χ4v) is 2.39. The van der Waals surface area contributed by atoms with Crippen LogP contribution in [0.15, 0.2) is 30.3 Å². The normalized spacial score (nSPS) is 20.4. The van der Waals surface area contributed by atoms with E-state index in [0.29, 0.717) is 19.7 Å². The van der Waals surface area contributed by atoms with Crippen LogP contribution in [-0.4, -0.2) is 49.3 Å². The van der Waals surface area contributed by atoms with Crippen LogP contribution in [0.2, 0.25) is 0 Å². The van der Waals surface area contributed by atoms with Crippen LogP contribution >= 0.6 is 0 Å². The number of nitrogens with one attached hydrogen (secondary N) is 1. The molecule has 1 saturated heterocycles. The summed E-state index contributed by atoms with van der Waals surface area (Å²) in [5.41, 5.74) is 1.14. The van der Waals surface area contributed by atoms with Crippen LogP contribution in [0.25, 0.3) is 0 Å². The molecule has 0 aromatic heterocycles. The summed E-state index contributed by atoms with van der Waals surface area (Å²) < 4.78 is 42.1. The Kier molecular flexibility index (Phi) is 5.79. The monoisotopic (exact) mass is 316 g/mol. The molecule has 1 N–H and O–H groups in total. The van der Waals surface area contributed by atoms with Gasteiger partial charge in [0.05, 0.1) is 6.10 Å². The van der Waals surface area contributed by atoms with Crippen LogP contribution in [0.4, 0.5) is 13.2 Å². The molecule has 0 bridgehead atoms. The minimum Gasteiger partial charge on any atom is -0.375 e. The van der Waals surface area contributed by atoms with Gasteiger partial charge in [0, 0.05) is 32.8 Å². The van der Waals surface area contributed by atoms with Crippen molar-refractivity contribution in [3.8, 4) is 0 Å². The molecule has 0 spiro atoms.